The van der Waals surface area contributed by atoms with Gasteiger partial charge in [0.2, 0.25) is 5.91 Å². The van der Waals surface area contributed by atoms with E-state index in [0.717, 1.165) is 12.2 Å². The summed E-state index contributed by atoms with van der Waals surface area (Å²) in [4.78, 5) is 27.5. The fourth-order valence-corrected chi connectivity index (χ4v) is 4.00. The van der Waals surface area contributed by atoms with E-state index in [1.54, 1.807) is 11.0 Å². The van der Waals surface area contributed by atoms with Gasteiger partial charge in [0, 0.05) is 6.54 Å². The monoisotopic (exact) mass is 372 g/mol. The van der Waals surface area contributed by atoms with Crippen molar-refractivity contribution in [1.82, 2.24) is 10.2 Å². The maximum absolute atomic E-state index is 12.6. The molecule has 0 radical (unpaired) electrons. The lowest BCUT2D eigenvalue weighted by atomic mass is 10.2. The van der Waals surface area contributed by atoms with Crippen LogP contribution in [0.1, 0.15) is 22.5 Å². The van der Waals surface area contributed by atoms with Gasteiger partial charge >= 0.3 is 0 Å². The first-order chi connectivity index (χ1) is 12.7. The lowest BCUT2D eigenvalue weighted by Gasteiger charge is -2.28. The van der Waals surface area contributed by atoms with Gasteiger partial charge in [-0.1, -0.05) is 18.2 Å². The fourth-order valence-electron chi connectivity index (χ4n) is 3.32. The number of hydrogen-bond donors (Lipinski definition) is 1. The Hall–Kier alpha value is -2.54. The number of carbonyl (C=O) groups excluding carboxylic acids is 2. The Morgan fingerprint density at radius 3 is 2.85 bits per heavy atom. The van der Waals surface area contributed by atoms with Crippen LogP contribution in [0.25, 0.3) is 0 Å². The van der Waals surface area contributed by atoms with Crippen molar-refractivity contribution >= 4 is 23.2 Å². The molecule has 3 heterocycles. The van der Waals surface area contributed by atoms with Crippen LogP contribution in [0, 0.1) is 0 Å². The second-order valence-electron chi connectivity index (χ2n) is 6.38. The summed E-state index contributed by atoms with van der Waals surface area (Å²) in [5.41, 5.74) is 0. The predicted octanol–water partition coefficient (Wildman–Crippen LogP) is 2.31. The van der Waals surface area contributed by atoms with Crippen LogP contribution in [0.3, 0.4) is 0 Å². The molecule has 1 saturated heterocycles. The van der Waals surface area contributed by atoms with Gasteiger partial charge in [0.1, 0.15) is 18.8 Å². The quantitative estimate of drug-likeness (QED) is 0.894. The van der Waals surface area contributed by atoms with E-state index >= 15 is 0 Å². The molecule has 2 aromatic rings. The highest BCUT2D eigenvalue weighted by Crippen LogP contribution is 2.30. The van der Waals surface area contributed by atoms with Crippen LogP contribution < -0.4 is 14.8 Å². The molecule has 0 saturated carbocycles. The molecule has 0 bridgehead atoms. The summed E-state index contributed by atoms with van der Waals surface area (Å²) in [5.74, 6) is 1.21. The molecule has 6 nitrogen and oxygen atoms in total. The molecule has 4 rings (SSSR count). The molecular weight excluding hydrogens is 352 g/mol. The van der Waals surface area contributed by atoms with Crippen molar-refractivity contribution in [2.75, 3.05) is 19.7 Å². The van der Waals surface area contributed by atoms with E-state index in [2.05, 4.69) is 5.32 Å². The number of benzene rings is 1. The topological polar surface area (TPSA) is 67.9 Å². The number of rotatable bonds is 4. The van der Waals surface area contributed by atoms with Crippen LogP contribution in [-0.4, -0.2) is 48.6 Å². The minimum atomic E-state index is -0.415. The molecule has 1 fully saturated rings. The number of ether oxygens (including phenoxy) is 2. The Bertz CT molecular complexity index is 793. The molecule has 2 atom stereocenters. The third-order valence-corrected chi connectivity index (χ3v) is 5.48. The zero-order chi connectivity index (χ0) is 17.9. The third kappa shape index (κ3) is 3.39. The fraction of sp³-hybridized carbons (Fsp3) is 0.368. The summed E-state index contributed by atoms with van der Waals surface area (Å²) < 4.78 is 11.5. The van der Waals surface area contributed by atoms with Gasteiger partial charge in [-0.25, -0.2) is 0 Å². The minimum absolute atomic E-state index is 0.0659. The van der Waals surface area contributed by atoms with Crippen LogP contribution >= 0.6 is 11.3 Å². The number of para-hydroxylation sites is 2. The zero-order valence-electron chi connectivity index (χ0n) is 14.2. The van der Waals surface area contributed by atoms with Gasteiger partial charge in [0.15, 0.2) is 11.5 Å². The maximum atomic E-state index is 12.6. The summed E-state index contributed by atoms with van der Waals surface area (Å²) in [5, 5.41) is 4.79. The minimum Gasteiger partial charge on any atom is -0.486 e. The molecule has 0 aliphatic carbocycles. The van der Waals surface area contributed by atoms with Gasteiger partial charge < -0.3 is 19.7 Å². The molecule has 2 aliphatic rings. The largest absolute Gasteiger partial charge is 0.486 e. The number of fused-ring (bicyclic) bond motifs is 1. The van der Waals surface area contributed by atoms with Gasteiger partial charge in [0.25, 0.3) is 5.91 Å². The molecule has 7 heteroatoms. The van der Waals surface area contributed by atoms with Crippen molar-refractivity contribution in [2.24, 2.45) is 0 Å². The molecule has 0 unspecified atom stereocenters. The van der Waals surface area contributed by atoms with E-state index in [0.29, 0.717) is 36.7 Å². The summed E-state index contributed by atoms with van der Waals surface area (Å²) in [6.07, 6.45) is 1.29. The third-order valence-electron chi connectivity index (χ3n) is 4.62. The Morgan fingerprint density at radius 2 is 2.04 bits per heavy atom. The molecule has 2 aliphatic heterocycles. The summed E-state index contributed by atoms with van der Waals surface area (Å²) >= 11 is 1.40. The molecule has 2 amide bonds. The molecule has 1 N–H and O–H groups in total. The highest BCUT2D eigenvalue weighted by Gasteiger charge is 2.35. The lowest BCUT2D eigenvalue weighted by molar-refractivity contribution is -0.125. The molecule has 0 spiro atoms. The first-order valence-corrected chi connectivity index (χ1v) is 9.61. The summed E-state index contributed by atoms with van der Waals surface area (Å²) in [6, 6.07) is 10.7. The number of thiophene rings is 1. The van der Waals surface area contributed by atoms with Gasteiger partial charge in [0.05, 0.1) is 11.4 Å². The summed E-state index contributed by atoms with van der Waals surface area (Å²) in [6.45, 7) is 1.36. The molecule has 1 aromatic carbocycles. The SMILES string of the molecule is O=C(NC[C@H]1COc2ccccc2O1)[C@@H]1CCCN1C(=O)c1cccs1. The van der Waals surface area contributed by atoms with E-state index in [1.165, 1.54) is 11.3 Å². The number of nitrogens with one attached hydrogen (secondary N) is 1. The van der Waals surface area contributed by atoms with Crippen molar-refractivity contribution < 1.29 is 19.1 Å². The first-order valence-electron chi connectivity index (χ1n) is 8.73. The van der Waals surface area contributed by atoms with Crippen molar-refractivity contribution in [2.45, 2.75) is 25.0 Å². The van der Waals surface area contributed by atoms with Crippen LogP contribution in [0.15, 0.2) is 41.8 Å². The highest BCUT2D eigenvalue weighted by atomic mass is 32.1. The second kappa shape index (κ2) is 7.37. The molecular formula is C19H20N2O4S. The van der Waals surface area contributed by atoms with E-state index in [9.17, 15) is 9.59 Å². The van der Waals surface area contributed by atoms with Gasteiger partial charge in [-0.3, -0.25) is 9.59 Å². The van der Waals surface area contributed by atoms with Gasteiger partial charge in [-0.05, 0) is 36.4 Å². The summed E-state index contributed by atoms with van der Waals surface area (Å²) in [7, 11) is 0. The van der Waals surface area contributed by atoms with Crippen LogP contribution in [0.4, 0.5) is 0 Å². The van der Waals surface area contributed by atoms with E-state index < -0.39 is 6.04 Å². The second-order valence-corrected chi connectivity index (χ2v) is 7.32. The predicted molar refractivity (Wildman–Crippen MR) is 97.7 cm³/mol. The average molecular weight is 372 g/mol. The molecule has 26 heavy (non-hydrogen) atoms. The van der Waals surface area contributed by atoms with Crippen LogP contribution in [-0.2, 0) is 4.79 Å². The van der Waals surface area contributed by atoms with Crippen molar-refractivity contribution in [3.05, 3.63) is 46.7 Å². The van der Waals surface area contributed by atoms with Crippen molar-refractivity contribution in [3.63, 3.8) is 0 Å². The Labute approximate surface area is 155 Å². The standard InChI is InChI=1S/C19H20N2O4S/c22-18(14-5-3-9-21(14)19(23)17-8-4-10-26-17)20-11-13-12-24-15-6-1-2-7-16(15)25-13/h1-2,4,6-8,10,13-14H,3,5,9,11-12H2,(H,20,22)/t13-,14-/m0/s1. The Balaban J connectivity index is 1.34. The number of likely N-dealkylation sites (tertiary alicyclic amines) is 1. The number of amides is 2. The number of hydrogen-bond acceptors (Lipinski definition) is 5. The zero-order valence-corrected chi connectivity index (χ0v) is 15.0. The van der Waals surface area contributed by atoms with Crippen molar-refractivity contribution in [1.29, 1.82) is 0 Å². The first kappa shape index (κ1) is 16.9. The van der Waals surface area contributed by atoms with Gasteiger partial charge in [-0.2, -0.15) is 0 Å². The van der Waals surface area contributed by atoms with Crippen LogP contribution in [0.2, 0.25) is 0 Å². The Morgan fingerprint density at radius 1 is 1.19 bits per heavy atom. The normalized spacial score (nSPS) is 21.5. The number of carbonyl (C=O) groups is 2. The maximum Gasteiger partial charge on any atom is 0.264 e. The van der Waals surface area contributed by atoms with Crippen LogP contribution in [0.5, 0.6) is 11.5 Å². The van der Waals surface area contributed by atoms with Crippen molar-refractivity contribution in [3.8, 4) is 11.5 Å². The Kier molecular flexibility index (Phi) is 4.79. The van der Waals surface area contributed by atoms with E-state index in [4.69, 9.17) is 9.47 Å². The van der Waals surface area contributed by atoms with Gasteiger partial charge in [-0.15, -0.1) is 11.3 Å². The molecule has 1 aromatic heterocycles. The number of nitrogens with zero attached hydrogens (tertiary/aromatic N) is 1. The molecule has 136 valence electrons. The lowest BCUT2D eigenvalue weighted by Crippen LogP contribution is -2.49. The highest BCUT2D eigenvalue weighted by molar-refractivity contribution is 7.12. The van der Waals surface area contributed by atoms with E-state index in [-0.39, 0.29) is 17.9 Å². The van der Waals surface area contributed by atoms with E-state index in [1.807, 2.05) is 35.7 Å². The average Bonchev–Trinajstić information content (AvgIpc) is 3.37. The smallest absolute Gasteiger partial charge is 0.264 e.